The molecule has 94 valence electrons. The van der Waals surface area contributed by atoms with E-state index in [4.69, 9.17) is 5.26 Å². The number of nitriles is 1. The predicted octanol–water partition coefficient (Wildman–Crippen LogP) is 4.11. The van der Waals surface area contributed by atoms with Gasteiger partial charge in [-0.15, -0.1) is 0 Å². The SMILES string of the molecule is CCCCCC/C(C=O)=C\c1ccc(C#N)cc1. The Morgan fingerprint density at radius 3 is 2.50 bits per heavy atom. The lowest BCUT2D eigenvalue weighted by molar-refractivity contribution is -0.105. The van der Waals surface area contributed by atoms with E-state index in [1.165, 1.54) is 19.3 Å². The minimum atomic E-state index is 0.641. The van der Waals surface area contributed by atoms with Crippen molar-refractivity contribution in [3.63, 3.8) is 0 Å². The Morgan fingerprint density at radius 1 is 1.22 bits per heavy atom. The van der Waals surface area contributed by atoms with Crippen molar-refractivity contribution >= 4 is 12.4 Å². The molecule has 0 atom stereocenters. The average molecular weight is 241 g/mol. The highest BCUT2D eigenvalue weighted by atomic mass is 16.1. The molecule has 0 saturated carbocycles. The van der Waals surface area contributed by atoms with Gasteiger partial charge in [-0.05, 0) is 42.2 Å². The fraction of sp³-hybridized carbons (Fsp3) is 0.375. The van der Waals surface area contributed by atoms with Gasteiger partial charge in [0.25, 0.3) is 0 Å². The molecular formula is C16H19NO. The molecule has 0 saturated heterocycles. The van der Waals surface area contributed by atoms with Crippen LogP contribution in [0.5, 0.6) is 0 Å². The van der Waals surface area contributed by atoms with Crippen LogP contribution in [0.15, 0.2) is 29.8 Å². The zero-order valence-corrected chi connectivity index (χ0v) is 10.9. The number of carbonyl (C=O) groups is 1. The first-order chi connectivity index (χ1) is 8.80. The standard InChI is InChI=1S/C16H19NO/c1-2-3-4-5-6-16(13-18)11-14-7-9-15(12-17)10-8-14/h7-11,13H,2-6H2,1H3/b16-11+. The first kappa shape index (κ1) is 14.2. The molecule has 0 aliphatic heterocycles. The molecule has 0 fully saturated rings. The van der Waals surface area contributed by atoms with Crippen molar-refractivity contribution in [1.29, 1.82) is 5.26 Å². The van der Waals surface area contributed by atoms with Crippen molar-refractivity contribution in [3.8, 4) is 6.07 Å². The second-order valence-corrected chi connectivity index (χ2v) is 4.38. The van der Waals surface area contributed by atoms with Crippen LogP contribution in [0.1, 0.15) is 50.2 Å². The molecule has 0 aliphatic rings. The van der Waals surface area contributed by atoms with Gasteiger partial charge in [-0.3, -0.25) is 4.79 Å². The summed E-state index contributed by atoms with van der Waals surface area (Å²) in [5.74, 6) is 0. The number of allylic oxidation sites excluding steroid dienone is 1. The molecular weight excluding hydrogens is 222 g/mol. The molecule has 0 aliphatic carbocycles. The van der Waals surface area contributed by atoms with E-state index in [-0.39, 0.29) is 0 Å². The topological polar surface area (TPSA) is 40.9 Å². The molecule has 1 rings (SSSR count). The Bertz CT molecular complexity index is 437. The van der Waals surface area contributed by atoms with Crippen LogP contribution < -0.4 is 0 Å². The van der Waals surface area contributed by atoms with Crippen LogP contribution in [-0.4, -0.2) is 6.29 Å². The molecule has 0 bridgehead atoms. The molecule has 0 radical (unpaired) electrons. The fourth-order valence-electron chi connectivity index (χ4n) is 1.79. The number of unbranched alkanes of at least 4 members (excludes halogenated alkanes) is 3. The second kappa shape index (κ2) is 8.25. The van der Waals surface area contributed by atoms with Crippen LogP contribution in [0.3, 0.4) is 0 Å². The maximum Gasteiger partial charge on any atom is 0.146 e. The highest BCUT2D eigenvalue weighted by Crippen LogP contribution is 2.13. The summed E-state index contributed by atoms with van der Waals surface area (Å²) in [5, 5.41) is 8.70. The Kier molecular flexibility index (Phi) is 6.50. The molecule has 2 nitrogen and oxygen atoms in total. The van der Waals surface area contributed by atoms with Crippen LogP contribution in [-0.2, 0) is 4.79 Å². The van der Waals surface area contributed by atoms with E-state index in [1.54, 1.807) is 12.1 Å². The maximum atomic E-state index is 11.0. The third-order valence-corrected chi connectivity index (χ3v) is 2.86. The monoisotopic (exact) mass is 241 g/mol. The molecule has 0 heterocycles. The van der Waals surface area contributed by atoms with E-state index in [2.05, 4.69) is 13.0 Å². The largest absolute Gasteiger partial charge is 0.298 e. The summed E-state index contributed by atoms with van der Waals surface area (Å²) in [4.78, 5) is 11.0. The van der Waals surface area contributed by atoms with Crippen LogP contribution in [0.4, 0.5) is 0 Å². The lowest BCUT2D eigenvalue weighted by atomic mass is 10.0. The first-order valence-electron chi connectivity index (χ1n) is 6.46. The minimum absolute atomic E-state index is 0.641. The second-order valence-electron chi connectivity index (χ2n) is 4.38. The van der Waals surface area contributed by atoms with Crippen molar-refractivity contribution in [1.82, 2.24) is 0 Å². The third-order valence-electron chi connectivity index (χ3n) is 2.86. The van der Waals surface area contributed by atoms with Crippen LogP contribution >= 0.6 is 0 Å². The lowest BCUT2D eigenvalue weighted by Gasteiger charge is -2.01. The summed E-state index contributed by atoms with van der Waals surface area (Å²) in [6.45, 7) is 2.17. The Morgan fingerprint density at radius 2 is 1.94 bits per heavy atom. The van der Waals surface area contributed by atoms with E-state index >= 15 is 0 Å². The summed E-state index contributed by atoms with van der Waals surface area (Å²) in [6, 6.07) is 9.36. The van der Waals surface area contributed by atoms with E-state index in [9.17, 15) is 4.79 Å². The van der Waals surface area contributed by atoms with Crippen molar-refractivity contribution in [3.05, 3.63) is 41.0 Å². The van der Waals surface area contributed by atoms with Crippen LogP contribution in [0.25, 0.3) is 6.08 Å². The molecule has 0 spiro atoms. The molecule has 1 aromatic carbocycles. The Labute approximate surface area is 109 Å². The summed E-state index contributed by atoms with van der Waals surface area (Å²) >= 11 is 0. The van der Waals surface area contributed by atoms with Crippen LogP contribution in [0.2, 0.25) is 0 Å². The fourth-order valence-corrected chi connectivity index (χ4v) is 1.79. The van der Waals surface area contributed by atoms with E-state index in [0.29, 0.717) is 5.56 Å². The van der Waals surface area contributed by atoms with E-state index < -0.39 is 0 Å². The molecule has 0 amide bonds. The van der Waals surface area contributed by atoms with Crippen molar-refractivity contribution in [2.75, 3.05) is 0 Å². The Hall–Kier alpha value is -1.88. The number of hydrogen-bond donors (Lipinski definition) is 0. The van der Waals surface area contributed by atoms with E-state index in [0.717, 1.165) is 30.3 Å². The van der Waals surface area contributed by atoms with Gasteiger partial charge in [0.2, 0.25) is 0 Å². The van der Waals surface area contributed by atoms with Gasteiger partial charge >= 0.3 is 0 Å². The number of benzene rings is 1. The molecule has 0 unspecified atom stereocenters. The van der Waals surface area contributed by atoms with Gasteiger partial charge in [-0.2, -0.15) is 5.26 Å². The summed E-state index contributed by atoms with van der Waals surface area (Å²) in [7, 11) is 0. The average Bonchev–Trinajstić information content (AvgIpc) is 2.43. The van der Waals surface area contributed by atoms with Crippen LogP contribution in [0, 0.1) is 11.3 Å². The van der Waals surface area contributed by atoms with E-state index in [1.807, 2.05) is 18.2 Å². The lowest BCUT2D eigenvalue weighted by Crippen LogP contribution is -1.87. The first-order valence-corrected chi connectivity index (χ1v) is 6.46. The quantitative estimate of drug-likeness (QED) is 0.409. The minimum Gasteiger partial charge on any atom is -0.298 e. The normalized spacial score (nSPS) is 11.0. The predicted molar refractivity (Wildman–Crippen MR) is 74.0 cm³/mol. The molecule has 2 heteroatoms. The van der Waals surface area contributed by atoms with Gasteiger partial charge in [-0.1, -0.05) is 38.3 Å². The smallest absolute Gasteiger partial charge is 0.146 e. The third kappa shape index (κ3) is 4.97. The Balaban J connectivity index is 2.60. The van der Waals surface area contributed by atoms with Gasteiger partial charge in [0.1, 0.15) is 6.29 Å². The summed E-state index contributed by atoms with van der Waals surface area (Å²) in [6.07, 6.45) is 8.34. The summed E-state index contributed by atoms with van der Waals surface area (Å²) < 4.78 is 0. The summed E-state index contributed by atoms with van der Waals surface area (Å²) in [5.41, 5.74) is 2.45. The van der Waals surface area contributed by atoms with Gasteiger partial charge in [0.05, 0.1) is 11.6 Å². The maximum absolute atomic E-state index is 11.0. The number of aldehydes is 1. The molecule has 0 aromatic heterocycles. The zero-order valence-electron chi connectivity index (χ0n) is 10.9. The number of hydrogen-bond acceptors (Lipinski definition) is 2. The molecule has 1 aromatic rings. The number of nitrogens with zero attached hydrogens (tertiary/aromatic N) is 1. The molecule has 0 N–H and O–H groups in total. The van der Waals surface area contributed by atoms with Gasteiger partial charge < -0.3 is 0 Å². The molecule has 18 heavy (non-hydrogen) atoms. The van der Waals surface area contributed by atoms with Gasteiger partial charge in [0.15, 0.2) is 0 Å². The zero-order chi connectivity index (χ0) is 13.2. The van der Waals surface area contributed by atoms with Crippen molar-refractivity contribution in [2.24, 2.45) is 0 Å². The highest BCUT2D eigenvalue weighted by molar-refractivity contribution is 5.81. The number of rotatable bonds is 7. The highest BCUT2D eigenvalue weighted by Gasteiger charge is 1.97. The van der Waals surface area contributed by atoms with Crippen molar-refractivity contribution in [2.45, 2.75) is 39.0 Å². The van der Waals surface area contributed by atoms with Crippen molar-refractivity contribution < 1.29 is 4.79 Å². The number of carbonyl (C=O) groups excluding carboxylic acids is 1. The van der Waals surface area contributed by atoms with Gasteiger partial charge in [0, 0.05) is 0 Å². The van der Waals surface area contributed by atoms with Gasteiger partial charge in [-0.25, -0.2) is 0 Å².